The minimum atomic E-state index is -0.341. The number of para-hydroxylation sites is 1. The molecule has 3 N–H and O–H groups in total. The normalized spacial score (nSPS) is 18.0. The van der Waals surface area contributed by atoms with Crippen LogP contribution in [-0.4, -0.2) is 64.9 Å². The highest BCUT2D eigenvalue weighted by molar-refractivity contribution is 5.91. The Morgan fingerprint density at radius 1 is 1.23 bits per heavy atom. The first-order valence-corrected chi connectivity index (χ1v) is 8.92. The minimum Gasteiger partial charge on any atom is -0.323 e. The van der Waals surface area contributed by atoms with Gasteiger partial charge in [-0.1, -0.05) is 18.2 Å². The molecular formula is C18H25N5O3. The van der Waals surface area contributed by atoms with Gasteiger partial charge in [0, 0.05) is 31.4 Å². The van der Waals surface area contributed by atoms with E-state index >= 15 is 0 Å². The Balaban J connectivity index is 1.57. The molecule has 2 aliphatic heterocycles. The van der Waals surface area contributed by atoms with E-state index in [0.717, 1.165) is 22.7 Å². The fraction of sp³-hybridized carbons (Fsp3) is 0.500. The minimum absolute atomic E-state index is 0.0863. The zero-order valence-electron chi connectivity index (χ0n) is 15.0. The van der Waals surface area contributed by atoms with Crippen molar-refractivity contribution >= 4 is 23.5 Å². The van der Waals surface area contributed by atoms with E-state index in [1.807, 2.05) is 29.2 Å². The van der Waals surface area contributed by atoms with Crippen LogP contribution in [0, 0.1) is 0 Å². The predicted molar refractivity (Wildman–Crippen MR) is 97.4 cm³/mol. The van der Waals surface area contributed by atoms with Gasteiger partial charge in [0.1, 0.15) is 0 Å². The van der Waals surface area contributed by atoms with E-state index in [2.05, 4.69) is 5.32 Å². The number of nitrogens with two attached hydrogens (primary N) is 1. The number of carbonyl (C=O) groups excluding carboxylic acids is 3. The Morgan fingerprint density at radius 2 is 1.92 bits per heavy atom. The van der Waals surface area contributed by atoms with E-state index in [1.165, 1.54) is 6.92 Å². The van der Waals surface area contributed by atoms with Gasteiger partial charge in [-0.2, -0.15) is 0 Å². The van der Waals surface area contributed by atoms with Crippen LogP contribution in [0.3, 0.4) is 0 Å². The molecule has 2 aliphatic rings. The van der Waals surface area contributed by atoms with Crippen LogP contribution in [0.4, 0.5) is 15.3 Å². The molecule has 4 amide bonds. The zero-order chi connectivity index (χ0) is 18.7. The molecule has 0 spiro atoms. The number of nitrogens with zero attached hydrogens (tertiary/aromatic N) is 3. The predicted octanol–water partition coefficient (Wildman–Crippen LogP) is 1.43. The summed E-state index contributed by atoms with van der Waals surface area (Å²) in [7, 11) is 0. The number of hydrazine groups is 1. The maximum Gasteiger partial charge on any atom is 0.334 e. The first-order chi connectivity index (χ1) is 12.5. The fourth-order valence-electron chi connectivity index (χ4n) is 3.60. The molecule has 2 heterocycles. The lowest BCUT2D eigenvalue weighted by Crippen LogP contribution is -2.54. The number of urea groups is 2. The second-order valence-electron chi connectivity index (χ2n) is 6.86. The summed E-state index contributed by atoms with van der Waals surface area (Å²) in [4.78, 5) is 39.5. The van der Waals surface area contributed by atoms with Crippen LogP contribution < -0.4 is 11.2 Å². The van der Waals surface area contributed by atoms with Gasteiger partial charge in [0.15, 0.2) is 5.78 Å². The SMILES string of the molecule is CC(=O)CN(N)C(=O)N1CCC(N2CCc3ccccc3NC2=O)CC1. The number of Topliss-reactive ketones (excluding diaryl/α,β-unsaturated/α-hetero) is 1. The number of amides is 4. The molecule has 0 saturated carbocycles. The number of benzene rings is 1. The maximum atomic E-state index is 12.6. The number of piperidine rings is 1. The quantitative estimate of drug-likeness (QED) is 0.484. The van der Waals surface area contributed by atoms with Gasteiger partial charge in [-0.3, -0.25) is 9.80 Å². The number of nitrogens with one attached hydrogen (secondary N) is 1. The molecule has 1 aromatic rings. The third-order valence-corrected chi connectivity index (χ3v) is 4.96. The van der Waals surface area contributed by atoms with E-state index in [9.17, 15) is 14.4 Å². The summed E-state index contributed by atoms with van der Waals surface area (Å²) in [5, 5.41) is 3.94. The smallest absolute Gasteiger partial charge is 0.323 e. The Hall–Kier alpha value is -2.61. The monoisotopic (exact) mass is 359 g/mol. The molecule has 1 aromatic carbocycles. The van der Waals surface area contributed by atoms with Crippen molar-refractivity contribution in [1.29, 1.82) is 0 Å². The van der Waals surface area contributed by atoms with E-state index in [0.29, 0.717) is 32.5 Å². The summed E-state index contributed by atoms with van der Waals surface area (Å²) < 4.78 is 0. The number of likely N-dealkylation sites (tertiary alicyclic amines) is 1. The van der Waals surface area contributed by atoms with Crippen molar-refractivity contribution in [3.63, 3.8) is 0 Å². The summed E-state index contributed by atoms with van der Waals surface area (Å²) in [6.45, 7) is 3.01. The molecule has 0 bridgehead atoms. The second-order valence-corrected chi connectivity index (χ2v) is 6.86. The first kappa shape index (κ1) is 18.2. The van der Waals surface area contributed by atoms with Gasteiger partial charge in [0.05, 0.1) is 6.54 Å². The summed E-state index contributed by atoms with van der Waals surface area (Å²) in [5.41, 5.74) is 2.01. The van der Waals surface area contributed by atoms with Crippen molar-refractivity contribution < 1.29 is 14.4 Å². The molecule has 3 rings (SSSR count). The zero-order valence-corrected chi connectivity index (χ0v) is 15.0. The largest absolute Gasteiger partial charge is 0.334 e. The average molecular weight is 359 g/mol. The van der Waals surface area contributed by atoms with Gasteiger partial charge in [-0.05, 0) is 37.8 Å². The third kappa shape index (κ3) is 3.96. The van der Waals surface area contributed by atoms with Gasteiger partial charge in [0.2, 0.25) is 0 Å². The molecule has 0 aromatic heterocycles. The molecule has 8 nitrogen and oxygen atoms in total. The van der Waals surface area contributed by atoms with Crippen LogP contribution in [0.2, 0.25) is 0 Å². The topological polar surface area (TPSA) is 99.0 Å². The second kappa shape index (κ2) is 7.74. The van der Waals surface area contributed by atoms with Crippen molar-refractivity contribution in [3.05, 3.63) is 29.8 Å². The number of fused-ring (bicyclic) bond motifs is 1. The third-order valence-electron chi connectivity index (χ3n) is 4.96. The first-order valence-electron chi connectivity index (χ1n) is 8.92. The van der Waals surface area contributed by atoms with Crippen LogP contribution in [0.15, 0.2) is 24.3 Å². The van der Waals surface area contributed by atoms with Crippen molar-refractivity contribution in [2.75, 3.05) is 31.5 Å². The van der Waals surface area contributed by atoms with Gasteiger partial charge in [-0.25, -0.2) is 15.4 Å². The molecule has 8 heteroatoms. The molecule has 26 heavy (non-hydrogen) atoms. The van der Waals surface area contributed by atoms with E-state index in [-0.39, 0.29) is 30.4 Å². The lowest BCUT2D eigenvalue weighted by molar-refractivity contribution is -0.117. The molecule has 0 unspecified atom stereocenters. The van der Waals surface area contributed by atoms with Crippen molar-refractivity contribution in [2.45, 2.75) is 32.2 Å². The summed E-state index contributed by atoms with van der Waals surface area (Å²) >= 11 is 0. The van der Waals surface area contributed by atoms with Crippen LogP contribution in [-0.2, 0) is 11.2 Å². The lowest BCUT2D eigenvalue weighted by atomic mass is 10.0. The van der Waals surface area contributed by atoms with E-state index < -0.39 is 0 Å². The fourth-order valence-corrected chi connectivity index (χ4v) is 3.60. The highest BCUT2D eigenvalue weighted by Gasteiger charge is 2.32. The Labute approximate surface area is 152 Å². The number of hydrogen-bond acceptors (Lipinski definition) is 4. The summed E-state index contributed by atoms with van der Waals surface area (Å²) in [6, 6.07) is 7.51. The Bertz CT molecular complexity index is 700. The van der Waals surface area contributed by atoms with Gasteiger partial charge in [0.25, 0.3) is 0 Å². The van der Waals surface area contributed by atoms with Crippen molar-refractivity contribution in [1.82, 2.24) is 14.8 Å². The van der Waals surface area contributed by atoms with Crippen LogP contribution in [0.25, 0.3) is 0 Å². The standard InChI is InChI=1S/C18H25N5O3/c1-13(24)12-23(19)18(26)21-9-7-15(8-10-21)22-11-6-14-4-2-3-5-16(14)20-17(22)25/h2-5,15H,6-12,19H2,1H3,(H,20,25). The van der Waals surface area contributed by atoms with Crippen LogP contribution >= 0.6 is 0 Å². The van der Waals surface area contributed by atoms with Gasteiger partial charge >= 0.3 is 12.1 Å². The number of carbonyl (C=O) groups is 3. The molecule has 1 fully saturated rings. The number of anilines is 1. The van der Waals surface area contributed by atoms with Crippen LogP contribution in [0.1, 0.15) is 25.3 Å². The van der Waals surface area contributed by atoms with Gasteiger partial charge < -0.3 is 15.1 Å². The van der Waals surface area contributed by atoms with Crippen LogP contribution in [0.5, 0.6) is 0 Å². The molecule has 1 saturated heterocycles. The molecule has 140 valence electrons. The molecular weight excluding hydrogens is 334 g/mol. The average Bonchev–Trinajstić information content (AvgIpc) is 2.79. The summed E-state index contributed by atoms with van der Waals surface area (Å²) in [6.07, 6.45) is 2.20. The Kier molecular flexibility index (Phi) is 5.41. The lowest BCUT2D eigenvalue weighted by Gasteiger charge is -2.38. The van der Waals surface area contributed by atoms with Gasteiger partial charge in [-0.15, -0.1) is 0 Å². The number of ketones is 1. The highest BCUT2D eigenvalue weighted by atomic mass is 16.2. The van der Waals surface area contributed by atoms with E-state index in [1.54, 1.807) is 4.90 Å². The summed E-state index contributed by atoms with van der Waals surface area (Å²) in [5.74, 6) is 5.51. The van der Waals surface area contributed by atoms with Crippen molar-refractivity contribution in [2.24, 2.45) is 5.84 Å². The molecule has 0 radical (unpaired) electrons. The van der Waals surface area contributed by atoms with Crippen molar-refractivity contribution in [3.8, 4) is 0 Å². The highest BCUT2D eigenvalue weighted by Crippen LogP contribution is 2.24. The Morgan fingerprint density at radius 3 is 2.62 bits per heavy atom. The maximum absolute atomic E-state index is 12.6. The molecule has 0 aliphatic carbocycles. The number of hydrogen-bond donors (Lipinski definition) is 2. The van der Waals surface area contributed by atoms with E-state index in [4.69, 9.17) is 5.84 Å². The number of rotatable bonds is 3. The molecule has 0 atom stereocenters.